The third kappa shape index (κ3) is 2.40. The molecule has 1 heterocycles. The molecule has 0 spiro atoms. The van der Waals surface area contributed by atoms with Gasteiger partial charge in [-0.05, 0) is 30.5 Å². The maximum atomic E-state index is 6.09. The number of nitrogens with one attached hydrogen (secondary N) is 1. The van der Waals surface area contributed by atoms with Crippen molar-refractivity contribution in [3.8, 4) is 0 Å². The summed E-state index contributed by atoms with van der Waals surface area (Å²) >= 11 is 0. The summed E-state index contributed by atoms with van der Waals surface area (Å²) in [7, 11) is 1.66. The van der Waals surface area contributed by atoms with Gasteiger partial charge in [0.25, 0.3) is 0 Å². The van der Waals surface area contributed by atoms with Crippen molar-refractivity contribution in [1.82, 2.24) is 9.97 Å². The molecule has 4 nitrogen and oxygen atoms in total. The predicted octanol–water partition coefficient (Wildman–Crippen LogP) is 2.72. The van der Waals surface area contributed by atoms with Gasteiger partial charge in [0, 0.05) is 7.11 Å². The minimum Gasteiger partial charge on any atom is -0.380 e. The molecule has 98 valence electrons. The van der Waals surface area contributed by atoms with E-state index < -0.39 is 0 Å². The van der Waals surface area contributed by atoms with Crippen molar-refractivity contribution in [1.29, 1.82) is 0 Å². The number of hydrogen-bond donors (Lipinski definition) is 2. The normalized spacial score (nSPS) is 15.2. The molecule has 0 aliphatic rings. The summed E-state index contributed by atoms with van der Waals surface area (Å²) in [5.74, 6) is 1.29. The molecule has 0 aliphatic carbocycles. The molecule has 0 amide bonds. The predicted molar refractivity (Wildman–Crippen MR) is 73.6 cm³/mol. The second-order valence-corrected chi connectivity index (χ2v) is 5.02. The van der Waals surface area contributed by atoms with Crippen molar-refractivity contribution in [2.75, 3.05) is 7.11 Å². The van der Waals surface area contributed by atoms with Gasteiger partial charge in [-0.1, -0.05) is 19.9 Å². The fourth-order valence-corrected chi connectivity index (χ4v) is 1.93. The number of fused-ring (bicyclic) bond motifs is 1. The summed E-state index contributed by atoms with van der Waals surface area (Å²) in [4.78, 5) is 7.81. The van der Waals surface area contributed by atoms with E-state index in [4.69, 9.17) is 10.5 Å². The molecule has 18 heavy (non-hydrogen) atoms. The van der Waals surface area contributed by atoms with E-state index in [2.05, 4.69) is 35.9 Å². The number of aromatic nitrogens is 2. The topological polar surface area (TPSA) is 63.9 Å². The number of ether oxygens (including phenoxy) is 1. The zero-order valence-corrected chi connectivity index (χ0v) is 11.4. The Morgan fingerprint density at radius 1 is 1.28 bits per heavy atom. The van der Waals surface area contributed by atoms with Gasteiger partial charge in [-0.15, -0.1) is 0 Å². The van der Waals surface area contributed by atoms with Crippen LogP contribution in [0.1, 0.15) is 44.1 Å². The number of H-pyrrole nitrogens is 1. The first kappa shape index (κ1) is 13.1. The Morgan fingerprint density at radius 2 is 2.00 bits per heavy atom. The van der Waals surface area contributed by atoms with E-state index in [-0.39, 0.29) is 12.1 Å². The van der Waals surface area contributed by atoms with E-state index in [1.54, 1.807) is 7.11 Å². The van der Waals surface area contributed by atoms with Gasteiger partial charge < -0.3 is 15.5 Å². The van der Waals surface area contributed by atoms with Crippen LogP contribution in [0.5, 0.6) is 0 Å². The Balaban J connectivity index is 2.38. The highest BCUT2D eigenvalue weighted by Crippen LogP contribution is 2.22. The van der Waals surface area contributed by atoms with E-state index in [1.807, 2.05) is 13.0 Å². The lowest BCUT2D eigenvalue weighted by Crippen LogP contribution is -2.26. The lowest BCUT2D eigenvalue weighted by atomic mass is 10.0. The van der Waals surface area contributed by atoms with Crippen molar-refractivity contribution in [2.24, 2.45) is 5.73 Å². The summed E-state index contributed by atoms with van der Waals surface area (Å²) in [6.07, 6.45) is -0.0601. The maximum absolute atomic E-state index is 6.09. The molecular weight excluding hydrogens is 226 g/mol. The minimum atomic E-state index is -0.232. The molecule has 0 saturated carbocycles. The smallest absolute Gasteiger partial charge is 0.126 e. The summed E-state index contributed by atoms with van der Waals surface area (Å²) in [5.41, 5.74) is 9.38. The van der Waals surface area contributed by atoms with E-state index >= 15 is 0 Å². The third-order valence-electron chi connectivity index (χ3n) is 3.38. The van der Waals surface area contributed by atoms with Crippen LogP contribution in [0, 0.1) is 0 Å². The van der Waals surface area contributed by atoms with Crippen LogP contribution in [0.15, 0.2) is 18.2 Å². The fraction of sp³-hybridized carbons (Fsp3) is 0.500. The second kappa shape index (κ2) is 5.08. The molecule has 0 bridgehead atoms. The summed E-state index contributed by atoms with van der Waals surface area (Å²) in [6, 6.07) is 6.06. The van der Waals surface area contributed by atoms with Crippen LogP contribution in [0.3, 0.4) is 0 Å². The highest BCUT2D eigenvalue weighted by atomic mass is 16.5. The summed E-state index contributed by atoms with van der Waals surface area (Å²) in [5, 5.41) is 0. The number of benzene rings is 1. The van der Waals surface area contributed by atoms with Gasteiger partial charge in [0.1, 0.15) is 5.82 Å². The Labute approximate surface area is 108 Å². The van der Waals surface area contributed by atoms with Crippen LogP contribution in [0.25, 0.3) is 11.0 Å². The maximum Gasteiger partial charge on any atom is 0.126 e. The van der Waals surface area contributed by atoms with Gasteiger partial charge in [-0.25, -0.2) is 4.98 Å². The van der Waals surface area contributed by atoms with Gasteiger partial charge in [-0.3, -0.25) is 0 Å². The molecule has 0 saturated heterocycles. The average Bonchev–Trinajstić information content (AvgIpc) is 2.79. The van der Waals surface area contributed by atoms with Gasteiger partial charge >= 0.3 is 0 Å². The zero-order chi connectivity index (χ0) is 13.3. The first-order chi connectivity index (χ1) is 8.52. The number of nitrogens with two attached hydrogens (primary N) is 1. The Kier molecular flexibility index (Phi) is 3.68. The number of nitrogens with zero attached hydrogens (tertiary/aromatic N) is 1. The summed E-state index contributed by atoms with van der Waals surface area (Å²) < 4.78 is 5.24. The summed E-state index contributed by atoms with van der Waals surface area (Å²) in [6.45, 7) is 6.30. The number of imidazole rings is 1. The zero-order valence-electron chi connectivity index (χ0n) is 11.4. The molecule has 0 aliphatic heterocycles. The number of rotatable bonds is 4. The Bertz CT molecular complexity index is 533. The minimum absolute atomic E-state index is 0.0601. The Hall–Kier alpha value is -1.39. The van der Waals surface area contributed by atoms with Crippen molar-refractivity contribution in [3.05, 3.63) is 29.6 Å². The lowest BCUT2D eigenvalue weighted by Gasteiger charge is -2.15. The van der Waals surface area contributed by atoms with Crippen LogP contribution in [0.2, 0.25) is 0 Å². The molecule has 1 aromatic carbocycles. The molecule has 2 rings (SSSR count). The first-order valence-corrected chi connectivity index (χ1v) is 6.31. The van der Waals surface area contributed by atoms with Crippen LogP contribution < -0.4 is 5.73 Å². The van der Waals surface area contributed by atoms with Gasteiger partial charge in [0.2, 0.25) is 0 Å². The van der Waals surface area contributed by atoms with E-state index in [9.17, 15) is 0 Å². The van der Waals surface area contributed by atoms with Gasteiger partial charge in [-0.2, -0.15) is 0 Å². The molecule has 0 unspecified atom stereocenters. The van der Waals surface area contributed by atoms with Crippen molar-refractivity contribution >= 4 is 11.0 Å². The van der Waals surface area contributed by atoms with E-state index in [0.29, 0.717) is 5.92 Å². The molecule has 0 radical (unpaired) electrons. The quantitative estimate of drug-likeness (QED) is 0.873. The molecule has 2 aromatic rings. The highest BCUT2D eigenvalue weighted by molar-refractivity contribution is 5.76. The second-order valence-electron chi connectivity index (χ2n) is 5.02. The molecule has 2 atom stereocenters. The van der Waals surface area contributed by atoms with Crippen LogP contribution in [-0.2, 0) is 4.74 Å². The number of hydrogen-bond acceptors (Lipinski definition) is 3. The number of methoxy groups -OCH3 is 1. The largest absolute Gasteiger partial charge is 0.380 e. The van der Waals surface area contributed by atoms with Crippen molar-refractivity contribution in [3.63, 3.8) is 0 Å². The molecule has 1 aromatic heterocycles. The first-order valence-electron chi connectivity index (χ1n) is 6.31. The van der Waals surface area contributed by atoms with Crippen LogP contribution in [-0.4, -0.2) is 23.2 Å². The van der Waals surface area contributed by atoms with Crippen molar-refractivity contribution in [2.45, 2.75) is 38.8 Å². The van der Waals surface area contributed by atoms with Crippen molar-refractivity contribution < 1.29 is 4.74 Å². The molecule has 0 fully saturated rings. The number of aromatic amines is 1. The van der Waals surface area contributed by atoms with Crippen LogP contribution in [0.4, 0.5) is 0 Å². The average molecular weight is 247 g/mol. The lowest BCUT2D eigenvalue weighted by molar-refractivity contribution is 0.0935. The third-order valence-corrected chi connectivity index (χ3v) is 3.38. The molecule has 3 N–H and O–H groups in total. The monoisotopic (exact) mass is 247 g/mol. The van der Waals surface area contributed by atoms with E-state index in [0.717, 1.165) is 16.9 Å². The van der Waals surface area contributed by atoms with E-state index in [1.165, 1.54) is 5.56 Å². The van der Waals surface area contributed by atoms with Gasteiger partial charge in [0.15, 0.2) is 0 Å². The van der Waals surface area contributed by atoms with Gasteiger partial charge in [0.05, 0.1) is 23.2 Å². The molecular formula is C14H21N3O. The fourth-order valence-electron chi connectivity index (χ4n) is 1.93. The highest BCUT2D eigenvalue weighted by Gasteiger charge is 2.18. The molecule has 4 heteroatoms. The standard InChI is InChI=1S/C14H21N3O/c1-8(2)10-5-6-11-12(7-10)17-14(16-11)13(15)9(3)18-4/h5-9,13H,15H2,1-4H3,(H,16,17)/t9-,13+/m1/s1. The SMILES string of the molecule is CO[C@H](C)[C@H](N)c1nc2ccc(C(C)C)cc2[nH]1. The Morgan fingerprint density at radius 3 is 2.61 bits per heavy atom. The van der Waals surface area contributed by atoms with Crippen LogP contribution >= 0.6 is 0 Å².